The molecule has 1 atom stereocenters. The predicted octanol–water partition coefficient (Wildman–Crippen LogP) is 2.96. The van der Waals surface area contributed by atoms with E-state index in [1.165, 1.54) is 11.6 Å². The highest BCUT2D eigenvalue weighted by Gasteiger charge is 2.11. The van der Waals surface area contributed by atoms with Crippen LogP contribution < -0.4 is 5.32 Å². The molecule has 0 spiro atoms. The largest absolute Gasteiger partial charge is 0.387 e. The molecule has 0 bridgehead atoms. The van der Waals surface area contributed by atoms with Crippen molar-refractivity contribution in [2.75, 3.05) is 6.54 Å². The Balaban J connectivity index is 1.86. The van der Waals surface area contributed by atoms with Gasteiger partial charge in [-0.25, -0.2) is 4.39 Å². The summed E-state index contributed by atoms with van der Waals surface area (Å²) in [4.78, 5) is 0. The number of hydrogen-bond donors (Lipinski definition) is 2. The van der Waals surface area contributed by atoms with E-state index in [1.807, 2.05) is 31.2 Å². The van der Waals surface area contributed by atoms with Crippen molar-refractivity contribution in [3.63, 3.8) is 0 Å². The molecule has 0 aliphatic heterocycles. The fraction of sp³-hybridized carbons (Fsp3) is 0.250. The number of aliphatic hydroxyl groups excluding tert-OH is 1. The summed E-state index contributed by atoms with van der Waals surface area (Å²) in [6, 6.07) is 14.5. The van der Waals surface area contributed by atoms with Gasteiger partial charge >= 0.3 is 0 Å². The molecule has 100 valence electrons. The van der Waals surface area contributed by atoms with Crippen molar-refractivity contribution >= 4 is 0 Å². The van der Waals surface area contributed by atoms with E-state index in [0.29, 0.717) is 18.7 Å². The molecule has 2 N–H and O–H groups in total. The van der Waals surface area contributed by atoms with E-state index in [-0.39, 0.29) is 5.82 Å². The van der Waals surface area contributed by atoms with Gasteiger partial charge < -0.3 is 10.4 Å². The van der Waals surface area contributed by atoms with E-state index in [1.54, 1.807) is 18.2 Å². The van der Waals surface area contributed by atoms with E-state index in [0.717, 1.165) is 5.56 Å². The van der Waals surface area contributed by atoms with E-state index in [4.69, 9.17) is 0 Å². The first kappa shape index (κ1) is 13.7. The van der Waals surface area contributed by atoms with Crippen LogP contribution in [0.2, 0.25) is 0 Å². The molecule has 1 unspecified atom stereocenters. The van der Waals surface area contributed by atoms with Crippen LogP contribution in [0.3, 0.4) is 0 Å². The maximum absolute atomic E-state index is 13.4. The Labute approximate surface area is 112 Å². The van der Waals surface area contributed by atoms with Gasteiger partial charge in [-0.3, -0.25) is 0 Å². The van der Waals surface area contributed by atoms with E-state index in [9.17, 15) is 9.50 Å². The molecule has 2 rings (SSSR count). The summed E-state index contributed by atoms with van der Waals surface area (Å²) in [5.41, 5.74) is 2.69. The Kier molecular flexibility index (Phi) is 4.66. The SMILES string of the molecule is Cc1ccc(CNCC(O)c2ccccc2F)cc1. The zero-order valence-electron chi connectivity index (χ0n) is 10.9. The third-order valence-electron chi connectivity index (χ3n) is 3.05. The van der Waals surface area contributed by atoms with E-state index >= 15 is 0 Å². The Morgan fingerprint density at radius 1 is 1.11 bits per heavy atom. The molecular weight excluding hydrogens is 241 g/mol. The van der Waals surface area contributed by atoms with Crippen molar-refractivity contribution in [2.24, 2.45) is 0 Å². The van der Waals surface area contributed by atoms with Gasteiger partial charge in [0.1, 0.15) is 5.82 Å². The number of halogens is 1. The zero-order valence-corrected chi connectivity index (χ0v) is 10.9. The van der Waals surface area contributed by atoms with Crippen molar-refractivity contribution in [1.29, 1.82) is 0 Å². The minimum Gasteiger partial charge on any atom is -0.387 e. The first-order valence-electron chi connectivity index (χ1n) is 6.35. The maximum atomic E-state index is 13.4. The average Bonchev–Trinajstić information content (AvgIpc) is 2.41. The van der Waals surface area contributed by atoms with Crippen LogP contribution in [0, 0.1) is 12.7 Å². The molecule has 3 heteroatoms. The molecule has 0 fully saturated rings. The lowest BCUT2D eigenvalue weighted by Crippen LogP contribution is -2.21. The molecule has 0 aliphatic rings. The fourth-order valence-corrected chi connectivity index (χ4v) is 1.91. The number of benzene rings is 2. The summed E-state index contributed by atoms with van der Waals surface area (Å²) in [6.07, 6.45) is -0.827. The van der Waals surface area contributed by atoms with Crippen molar-refractivity contribution < 1.29 is 9.50 Å². The quantitative estimate of drug-likeness (QED) is 0.865. The van der Waals surface area contributed by atoms with Crippen LogP contribution in [0.1, 0.15) is 22.8 Å². The first-order valence-corrected chi connectivity index (χ1v) is 6.35. The topological polar surface area (TPSA) is 32.3 Å². The summed E-state index contributed by atoms with van der Waals surface area (Å²) in [7, 11) is 0. The summed E-state index contributed by atoms with van der Waals surface area (Å²) >= 11 is 0. The van der Waals surface area contributed by atoms with E-state index in [2.05, 4.69) is 5.32 Å². The van der Waals surface area contributed by atoms with Gasteiger partial charge in [0.15, 0.2) is 0 Å². The van der Waals surface area contributed by atoms with Gasteiger partial charge in [-0.1, -0.05) is 48.0 Å². The normalized spacial score (nSPS) is 12.4. The van der Waals surface area contributed by atoms with Crippen LogP contribution >= 0.6 is 0 Å². The molecule has 0 aromatic heterocycles. The lowest BCUT2D eigenvalue weighted by molar-refractivity contribution is 0.169. The molecule has 2 aromatic rings. The Hall–Kier alpha value is -1.71. The molecule has 0 saturated carbocycles. The minimum absolute atomic E-state index is 0.328. The van der Waals surface area contributed by atoms with Crippen molar-refractivity contribution in [1.82, 2.24) is 5.32 Å². The number of rotatable bonds is 5. The molecule has 0 amide bonds. The summed E-state index contributed by atoms with van der Waals surface area (Å²) in [5, 5.41) is 13.1. The van der Waals surface area contributed by atoms with Gasteiger partial charge in [0.2, 0.25) is 0 Å². The second-order valence-corrected chi connectivity index (χ2v) is 4.65. The molecular formula is C16H18FNO. The standard InChI is InChI=1S/C16H18FNO/c1-12-6-8-13(9-7-12)10-18-11-16(19)14-4-2-3-5-15(14)17/h2-9,16,18-19H,10-11H2,1H3. The van der Waals surface area contributed by atoms with Crippen molar-refractivity contribution in [2.45, 2.75) is 19.6 Å². The maximum Gasteiger partial charge on any atom is 0.129 e. The molecule has 0 radical (unpaired) electrons. The molecule has 0 heterocycles. The summed E-state index contributed by atoms with van der Waals surface area (Å²) in [6.45, 7) is 3.03. The van der Waals surface area contributed by atoms with Gasteiger partial charge in [-0.15, -0.1) is 0 Å². The van der Waals surface area contributed by atoms with E-state index < -0.39 is 6.10 Å². The minimum atomic E-state index is -0.827. The van der Waals surface area contributed by atoms with Gasteiger partial charge in [-0.2, -0.15) is 0 Å². The summed E-state index contributed by atoms with van der Waals surface area (Å²) < 4.78 is 13.4. The zero-order chi connectivity index (χ0) is 13.7. The number of nitrogens with one attached hydrogen (secondary N) is 1. The monoisotopic (exact) mass is 259 g/mol. The summed E-state index contributed by atoms with van der Waals surface area (Å²) in [5.74, 6) is -0.368. The molecule has 0 saturated heterocycles. The van der Waals surface area contributed by atoms with Crippen LogP contribution in [0.4, 0.5) is 4.39 Å². The highest BCUT2D eigenvalue weighted by atomic mass is 19.1. The number of aliphatic hydroxyl groups is 1. The molecule has 2 aromatic carbocycles. The Bertz CT molecular complexity index is 525. The van der Waals surface area contributed by atoms with Crippen LogP contribution in [-0.4, -0.2) is 11.7 Å². The third kappa shape index (κ3) is 3.88. The predicted molar refractivity (Wildman–Crippen MR) is 74.2 cm³/mol. The second-order valence-electron chi connectivity index (χ2n) is 4.65. The smallest absolute Gasteiger partial charge is 0.129 e. The first-order chi connectivity index (χ1) is 9.16. The van der Waals surface area contributed by atoms with Crippen LogP contribution in [0.25, 0.3) is 0 Å². The van der Waals surface area contributed by atoms with Crippen LogP contribution in [0.5, 0.6) is 0 Å². The van der Waals surface area contributed by atoms with Crippen LogP contribution in [0.15, 0.2) is 48.5 Å². The van der Waals surface area contributed by atoms with Gasteiger partial charge in [0.05, 0.1) is 6.10 Å². The van der Waals surface area contributed by atoms with Gasteiger partial charge in [0.25, 0.3) is 0 Å². The number of aryl methyl sites for hydroxylation is 1. The van der Waals surface area contributed by atoms with Crippen molar-refractivity contribution in [3.05, 3.63) is 71.0 Å². The molecule has 2 nitrogen and oxygen atoms in total. The molecule has 0 aliphatic carbocycles. The highest BCUT2D eigenvalue weighted by Crippen LogP contribution is 2.15. The second kappa shape index (κ2) is 6.45. The Morgan fingerprint density at radius 2 is 1.79 bits per heavy atom. The third-order valence-corrected chi connectivity index (χ3v) is 3.05. The fourth-order valence-electron chi connectivity index (χ4n) is 1.91. The van der Waals surface area contributed by atoms with Gasteiger partial charge in [-0.05, 0) is 18.6 Å². The lowest BCUT2D eigenvalue weighted by atomic mass is 10.1. The van der Waals surface area contributed by atoms with Gasteiger partial charge in [0, 0.05) is 18.7 Å². The Morgan fingerprint density at radius 3 is 2.47 bits per heavy atom. The van der Waals surface area contributed by atoms with Crippen LogP contribution in [-0.2, 0) is 6.54 Å². The lowest BCUT2D eigenvalue weighted by Gasteiger charge is -2.13. The number of hydrogen-bond acceptors (Lipinski definition) is 2. The molecule has 19 heavy (non-hydrogen) atoms. The van der Waals surface area contributed by atoms with Crippen molar-refractivity contribution in [3.8, 4) is 0 Å². The highest BCUT2D eigenvalue weighted by molar-refractivity contribution is 5.22. The average molecular weight is 259 g/mol.